The van der Waals surface area contributed by atoms with E-state index in [1.807, 2.05) is 43.3 Å². The molecule has 0 radical (unpaired) electrons. The number of thiocarbonyl (C=S) groups is 1. The summed E-state index contributed by atoms with van der Waals surface area (Å²) in [4.78, 5) is 12.7. The van der Waals surface area contributed by atoms with Crippen LogP contribution in [0.2, 0.25) is 0 Å². The first-order valence-corrected chi connectivity index (χ1v) is 11.0. The SMILES string of the molecule is CCCCCCOc1ccccc1C(=O)NC(=S)Nc1cccc(OC(C)CC)c1. The fourth-order valence-corrected chi connectivity index (χ4v) is 3.00. The molecule has 1 atom stereocenters. The van der Waals surface area contributed by atoms with E-state index in [4.69, 9.17) is 21.7 Å². The van der Waals surface area contributed by atoms with E-state index in [1.165, 1.54) is 12.8 Å². The minimum Gasteiger partial charge on any atom is -0.493 e. The van der Waals surface area contributed by atoms with Gasteiger partial charge in [-0.1, -0.05) is 51.3 Å². The van der Waals surface area contributed by atoms with Gasteiger partial charge < -0.3 is 14.8 Å². The number of nitrogens with one attached hydrogen (secondary N) is 2. The Kier molecular flexibility index (Phi) is 10.1. The van der Waals surface area contributed by atoms with Crippen molar-refractivity contribution in [3.8, 4) is 11.5 Å². The number of rotatable bonds is 11. The van der Waals surface area contributed by atoms with Gasteiger partial charge in [0.1, 0.15) is 11.5 Å². The molecule has 5 nitrogen and oxygen atoms in total. The lowest BCUT2D eigenvalue weighted by atomic mass is 10.2. The second kappa shape index (κ2) is 12.9. The average molecular weight is 429 g/mol. The van der Waals surface area contributed by atoms with Gasteiger partial charge in [-0.3, -0.25) is 10.1 Å². The van der Waals surface area contributed by atoms with E-state index in [1.54, 1.807) is 12.1 Å². The molecule has 162 valence electrons. The van der Waals surface area contributed by atoms with Gasteiger partial charge in [0.05, 0.1) is 18.3 Å². The van der Waals surface area contributed by atoms with Crippen LogP contribution in [0.3, 0.4) is 0 Å². The number of amides is 1. The molecule has 0 saturated carbocycles. The molecule has 1 amide bonds. The van der Waals surface area contributed by atoms with E-state index >= 15 is 0 Å². The fraction of sp³-hybridized carbons (Fsp3) is 0.417. The molecular weight excluding hydrogens is 396 g/mol. The molecule has 0 aliphatic heterocycles. The summed E-state index contributed by atoms with van der Waals surface area (Å²) in [5.41, 5.74) is 1.22. The summed E-state index contributed by atoms with van der Waals surface area (Å²) in [6.07, 6.45) is 5.51. The summed E-state index contributed by atoms with van der Waals surface area (Å²) in [5.74, 6) is 1.02. The van der Waals surface area contributed by atoms with E-state index in [0.29, 0.717) is 17.9 Å². The first-order chi connectivity index (χ1) is 14.5. The standard InChI is InChI=1S/C24H32N2O3S/c1-4-6-7-10-16-28-22-15-9-8-14-21(22)23(27)26-24(30)25-19-12-11-13-20(17-19)29-18(3)5-2/h8-9,11-15,17-18H,4-7,10,16H2,1-3H3,(H2,25,26,27,30). The number of hydrogen-bond donors (Lipinski definition) is 2. The van der Waals surface area contributed by atoms with Crippen LogP contribution in [0.1, 0.15) is 63.2 Å². The van der Waals surface area contributed by atoms with E-state index in [9.17, 15) is 4.79 Å². The predicted octanol–water partition coefficient (Wildman–Crippen LogP) is 5.95. The molecule has 0 aliphatic carbocycles. The van der Waals surface area contributed by atoms with Gasteiger partial charge in [-0.2, -0.15) is 0 Å². The zero-order chi connectivity index (χ0) is 21.8. The van der Waals surface area contributed by atoms with Gasteiger partial charge in [-0.15, -0.1) is 0 Å². The molecule has 30 heavy (non-hydrogen) atoms. The minimum absolute atomic E-state index is 0.130. The highest BCUT2D eigenvalue weighted by Gasteiger charge is 2.14. The van der Waals surface area contributed by atoms with Gasteiger partial charge in [0.15, 0.2) is 5.11 Å². The molecule has 0 bridgehead atoms. The maximum absolute atomic E-state index is 12.7. The summed E-state index contributed by atoms with van der Waals surface area (Å²) >= 11 is 5.32. The quantitative estimate of drug-likeness (QED) is 0.342. The third-order valence-corrected chi connectivity index (χ3v) is 4.82. The van der Waals surface area contributed by atoms with Gasteiger partial charge in [0.25, 0.3) is 5.91 Å². The van der Waals surface area contributed by atoms with E-state index in [0.717, 1.165) is 30.7 Å². The molecule has 0 aromatic heterocycles. The third-order valence-electron chi connectivity index (χ3n) is 4.62. The lowest BCUT2D eigenvalue weighted by Gasteiger charge is -2.15. The lowest BCUT2D eigenvalue weighted by Crippen LogP contribution is -2.34. The molecule has 2 aromatic rings. The highest BCUT2D eigenvalue weighted by molar-refractivity contribution is 7.80. The van der Waals surface area contributed by atoms with Crippen LogP contribution in [-0.4, -0.2) is 23.7 Å². The van der Waals surface area contributed by atoms with Crippen LogP contribution in [0.4, 0.5) is 5.69 Å². The summed E-state index contributed by atoms with van der Waals surface area (Å²) in [6.45, 7) is 6.86. The van der Waals surface area contributed by atoms with Crippen LogP contribution in [0.15, 0.2) is 48.5 Å². The van der Waals surface area contributed by atoms with Crippen LogP contribution in [0, 0.1) is 0 Å². The van der Waals surface area contributed by atoms with Crippen molar-refractivity contribution in [2.75, 3.05) is 11.9 Å². The minimum atomic E-state index is -0.302. The summed E-state index contributed by atoms with van der Waals surface area (Å²) < 4.78 is 11.7. The van der Waals surface area contributed by atoms with E-state index < -0.39 is 0 Å². The largest absolute Gasteiger partial charge is 0.493 e. The van der Waals surface area contributed by atoms with Crippen molar-refractivity contribution in [3.63, 3.8) is 0 Å². The van der Waals surface area contributed by atoms with Gasteiger partial charge in [0, 0.05) is 11.8 Å². The van der Waals surface area contributed by atoms with Crippen molar-refractivity contribution in [2.45, 2.75) is 59.0 Å². The molecular formula is C24H32N2O3S. The third kappa shape index (κ3) is 8.03. The van der Waals surface area contributed by atoms with Crippen LogP contribution in [0.25, 0.3) is 0 Å². The maximum atomic E-state index is 12.7. The zero-order valence-electron chi connectivity index (χ0n) is 18.1. The normalized spacial score (nSPS) is 11.4. The molecule has 2 N–H and O–H groups in total. The van der Waals surface area contributed by atoms with E-state index in [2.05, 4.69) is 24.5 Å². The Morgan fingerprint density at radius 3 is 2.63 bits per heavy atom. The Morgan fingerprint density at radius 2 is 1.87 bits per heavy atom. The molecule has 2 aromatic carbocycles. The number of carbonyl (C=O) groups excluding carboxylic acids is 1. The number of unbranched alkanes of at least 4 members (excludes halogenated alkanes) is 3. The molecule has 2 rings (SSSR count). The van der Waals surface area contributed by atoms with Gasteiger partial charge in [-0.25, -0.2) is 0 Å². The Labute approximate surface area is 185 Å². The first-order valence-electron chi connectivity index (χ1n) is 10.6. The lowest BCUT2D eigenvalue weighted by molar-refractivity contribution is 0.0973. The number of para-hydroxylation sites is 1. The Morgan fingerprint density at radius 1 is 1.07 bits per heavy atom. The number of ether oxygens (including phenoxy) is 2. The van der Waals surface area contributed by atoms with Crippen LogP contribution in [-0.2, 0) is 0 Å². The summed E-state index contributed by atoms with van der Waals surface area (Å²) in [5, 5.41) is 5.99. The number of hydrogen-bond acceptors (Lipinski definition) is 4. The van der Waals surface area contributed by atoms with Crippen molar-refractivity contribution in [3.05, 3.63) is 54.1 Å². The second-order valence-corrected chi connectivity index (χ2v) is 7.59. The fourth-order valence-electron chi connectivity index (χ4n) is 2.79. The molecule has 0 fully saturated rings. The molecule has 1 unspecified atom stereocenters. The summed E-state index contributed by atoms with van der Waals surface area (Å²) in [7, 11) is 0. The van der Waals surface area contributed by atoms with Crippen molar-refractivity contribution in [1.29, 1.82) is 0 Å². The van der Waals surface area contributed by atoms with Crippen LogP contribution >= 0.6 is 12.2 Å². The number of carbonyl (C=O) groups is 1. The summed E-state index contributed by atoms with van der Waals surface area (Å²) in [6, 6.07) is 14.7. The van der Waals surface area contributed by atoms with Crippen molar-refractivity contribution in [2.24, 2.45) is 0 Å². The van der Waals surface area contributed by atoms with Crippen molar-refractivity contribution in [1.82, 2.24) is 5.32 Å². The smallest absolute Gasteiger partial charge is 0.261 e. The number of anilines is 1. The van der Waals surface area contributed by atoms with Gasteiger partial charge >= 0.3 is 0 Å². The molecule has 6 heteroatoms. The van der Waals surface area contributed by atoms with Gasteiger partial charge in [-0.05, 0) is 56.2 Å². The van der Waals surface area contributed by atoms with Crippen LogP contribution in [0.5, 0.6) is 11.5 Å². The number of benzene rings is 2. The maximum Gasteiger partial charge on any atom is 0.261 e. The molecule has 0 aliphatic rings. The topological polar surface area (TPSA) is 59.6 Å². The van der Waals surface area contributed by atoms with Crippen LogP contribution < -0.4 is 20.1 Å². The Bertz CT molecular complexity index is 826. The molecule has 0 heterocycles. The van der Waals surface area contributed by atoms with Gasteiger partial charge in [0.2, 0.25) is 0 Å². The Hall–Kier alpha value is -2.60. The highest BCUT2D eigenvalue weighted by atomic mass is 32.1. The first kappa shape index (κ1) is 23.7. The predicted molar refractivity (Wildman–Crippen MR) is 127 cm³/mol. The van der Waals surface area contributed by atoms with E-state index in [-0.39, 0.29) is 17.1 Å². The van der Waals surface area contributed by atoms with Crippen molar-refractivity contribution < 1.29 is 14.3 Å². The Balaban J connectivity index is 1.93. The second-order valence-electron chi connectivity index (χ2n) is 7.18. The molecule has 0 spiro atoms. The average Bonchev–Trinajstić information content (AvgIpc) is 2.74. The highest BCUT2D eigenvalue weighted by Crippen LogP contribution is 2.20. The van der Waals surface area contributed by atoms with Crippen molar-refractivity contribution >= 4 is 28.9 Å². The monoisotopic (exact) mass is 428 g/mol. The molecule has 0 saturated heterocycles. The zero-order valence-corrected chi connectivity index (χ0v) is 18.9.